The molecule has 1 aromatic carbocycles. The molecule has 0 bridgehead atoms. The minimum atomic E-state index is -0.358. The van der Waals surface area contributed by atoms with Gasteiger partial charge in [-0.3, -0.25) is 0 Å². The largest absolute Gasteiger partial charge is 0.453 e. The van der Waals surface area contributed by atoms with Gasteiger partial charge in [0.2, 0.25) is 0 Å². The Bertz CT molecular complexity index is 573. The van der Waals surface area contributed by atoms with E-state index in [-0.39, 0.29) is 16.9 Å². The van der Waals surface area contributed by atoms with Crippen LogP contribution in [0.15, 0.2) is 39.4 Å². The summed E-state index contributed by atoms with van der Waals surface area (Å²) in [4.78, 5) is 0. The number of rotatable bonds is 6. The van der Waals surface area contributed by atoms with Crippen molar-refractivity contribution in [2.75, 3.05) is 6.54 Å². The zero-order valence-corrected chi connectivity index (χ0v) is 13.5. The second-order valence-electron chi connectivity index (χ2n) is 4.57. The molecule has 0 amide bonds. The van der Waals surface area contributed by atoms with Gasteiger partial charge in [-0.2, -0.15) is 0 Å². The van der Waals surface area contributed by atoms with E-state index in [1.165, 1.54) is 0 Å². The van der Waals surface area contributed by atoms with E-state index >= 15 is 0 Å². The molecule has 5 heteroatoms. The molecule has 2 nitrogen and oxygen atoms in total. The van der Waals surface area contributed by atoms with Gasteiger partial charge in [0.15, 0.2) is 4.67 Å². The fraction of sp³-hybridized carbons (Fsp3) is 0.333. The molecule has 2 aromatic rings. The van der Waals surface area contributed by atoms with Crippen LogP contribution in [-0.2, 0) is 6.42 Å². The van der Waals surface area contributed by atoms with E-state index in [4.69, 9.17) is 16.0 Å². The Morgan fingerprint density at radius 2 is 2.15 bits per heavy atom. The Kier molecular flexibility index (Phi) is 5.64. The summed E-state index contributed by atoms with van der Waals surface area (Å²) in [6, 6.07) is 8.71. The highest BCUT2D eigenvalue weighted by atomic mass is 79.9. The van der Waals surface area contributed by atoms with E-state index in [1.54, 1.807) is 18.2 Å². The SMILES string of the molecule is CCCNC(Cc1cccc(Cl)c1F)c1ccc(Br)o1. The van der Waals surface area contributed by atoms with E-state index in [0.29, 0.717) is 16.7 Å². The van der Waals surface area contributed by atoms with Crippen LogP contribution in [0.25, 0.3) is 0 Å². The van der Waals surface area contributed by atoms with Gasteiger partial charge in [0.1, 0.15) is 11.6 Å². The van der Waals surface area contributed by atoms with Crippen molar-refractivity contribution in [3.05, 3.63) is 57.2 Å². The van der Waals surface area contributed by atoms with Crippen molar-refractivity contribution in [3.8, 4) is 0 Å². The Morgan fingerprint density at radius 1 is 1.35 bits per heavy atom. The first-order valence-corrected chi connectivity index (χ1v) is 7.70. The highest BCUT2D eigenvalue weighted by Gasteiger charge is 2.18. The van der Waals surface area contributed by atoms with Gasteiger partial charge in [0, 0.05) is 0 Å². The molecule has 0 radical (unpaired) electrons. The van der Waals surface area contributed by atoms with Gasteiger partial charge in [-0.25, -0.2) is 4.39 Å². The van der Waals surface area contributed by atoms with E-state index in [2.05, 4.69) is 28.2 Å². The predicted octanol–water partition coefficient (Wildman–Crippen LogP) is 5.12. The van der Waals surface area contributed by atoms with Crippen LogP contribution in [0, 0.1) is 5.82 Å². The maximum Gasteiger partial charge on any atom is 0.169 e. The molecule has 108 valence electrons. The van der Waals surface area contributed by atoms with Crippen molar-refractivity contribution in [3.63, 3.8) is 0 Å². The third-order valence-corrected chi connectivity index (χ3v) is 3.75. The van der Waals surface area contributed by atoms with E-state index in [9.17, 15) is 4.39 Å². The lowest BCUT2D eigenvalue weighted by Gasteiger charge is -2.17. The molecule has 1 unspecified atom stereocenters. The molecule has 0 saturated carbocycles. The van der Waals surface area contributed by atoms with Crippen LogP contribution in [0.2, 0.25) is 5.02 Å². The molecular formula is C15H16BrClFNO. The fourth-order valence-corrected chi connectivity index (χ4v) is 2.55. The quantitative estimate of drug-likeness (QED) is 0.773. The lowest BCUT2D eigenvalue weighted by atomic mass is 10.0. The highest BCUT2D eigenvalue weighted by Crippen LogP contribution is 2.26. The average molecular weight is 361 g/mol. The number of hydrogen-bond acceptors (Lipinski definition) is 2. The molecule has 1 aromatic heterocycles. The molecule has 0 aliphatic rings. The van der Waals surface area contributed by atoms with Gasteiger partial charge in [-0.15, -0.1) is 0 Å². The summed E-state index contributed by atoms with van der Waals surface area (Å²) in [5, 5.41) is 3.52. The van der Waals surface area contributed by atoms with Crippen LogP contribution in [0.1, 0.15) is 30.7 Å². The Morgan fingerprint density at radius 3 is 2.80 bits per heavy atom. The van der Waals surface area contributed by atoms with Gasteiger partial charge in [-0.1, -0.05) is 30.7 Å². The van der Waals surface area contributed by atoms with E-state index in [1.807, 2.05) is 12.1 Å². The van der Waals surface area contributed by atoms with Crippen molar-refractivity contribution >= 4 is 27.5 Å². The van der Waals surface area contributed by atoms with Crippen molar-refractivity contribution in [2.24, 2.45) is 0 Å². The smallest absolute Gasteiger partial charge is 0.169 e. The van der Waals surface area contributed by atoms with E-state index < -0.39 is 0 Å². The molecule has 0 aliphatic carbocycles. The lowest BCUT2D eigenvalue weighted by molar-refractivity contribution is 0.397. The summed E-state index contributed by atoms with van der Waals surface area (Å²) in [6.45, 7) is 2.92. The summed E-state index contributed by atoms with van der Waals surface area (Å²) in [5.41, 5.74) is 0.582. The third-order valence-electron chi connectivity index (χ3n) is 3.03. The maximum absolute atomic E-state index is 14.0. The first-order valence-electron chi connectivity index (χ1n) is 6.53. The Balaban J connectivity index is 2.21. The minimum Gasteiger partial charge on any atom is -0.453 e. The summed E-state index contributed by atoms with van der Waals surface area (Å²) in [6.07, 6.45) is 1.49. The fourth-order valence-electron chi connectivity index (χ4n) is 2.03. The summed E-state index contributed by atoms with van der Waals surface area (Å²) < 4.78 is 20.3. The van der Waals surface area contributed by atoms with Gasteiger partial charge >= 0.3 is 0 Å². The predicted molar refractivity (Wildman–Crippen MR) is 82.6 cm³/mol. The Labute approximate surface area is 131 Å². The van der Waals surface area contributed by atoms with Crippen LogP contribution < -0.4 is 5.32 Å². The zero-order valence-electron chi connectivity index (χ0n) is 11.1. The average Bonchev–Trinajstić information content (AvgIpc) is 2.86. The van der Waals surface area contributed by atoms with Gasteiger partial charge < -0.3 is 9.73 Å². The number of nitrogens with one attached hydrogen (secondary N) is 1. The molecule has 1 N–H and O–H groups in total. The molecule has 0 aliphatic heterocycles. The molecule has 0 spiro atoms. The second-order valence-corrected chi connectivity index (χ2v) is 5.75. The van der Waals surface area contributed by atoms with Crippen LogP contribution in [0.3, 0.4) is 0 Å². The molecule has 20 heavy (non-hydrogen) atoms. The van der Waals surface area contributed by atoms with Crippen molar-refractivity contribution in [1.82, 2.24) is 5.32 Å². The first-order chi connectivity index (χ1) is 9.61. The number of furan rings is 1. The molecule has 1 atom stereocenters. The van der Waals surface area contributed by atoms with Crippen LogP contribution in [-0.4, -0.2) is 6.54 Å². The van der Waals surface area contributed by atoms with Gasteiger partial charge in [0.05, 0.1) is 11.1 Å². The topological polar surface area (TPSA) is 25.2 Å². The van der Waals surface area contributed by atoms with Crippen molar-refractivity contribution in [1.29, 1.82) is 0 Å². The highest BCUT2D eigenvalue weighted by molar-refractivity contribution is 9.10. The standard InChI is InChI=1S/C15H16BrClFNO/c1-2-8-19-12(13-6-7-14(16)20-13)9-10-4-3-5-11(17)15(10)18/h3-7,12,19H,2,8-9H2,1H3. The molecule has 1 heterocycles. The summed E-state index contributed by atoms with van der Waals surface area (Å²) in [5.74, 6) is 0.424. The normalized spacial score (nSPS) is 12.6. The first kappa shape index (κ1) is 15.5. The minimum absolute atomic E-state index is 0.0748. The molecule has 0 fully saturated rings. The second kappa shape index (κ2) is 7.25. The number of hydrogen-bond donors (Lipinski definition) is 1. The molecule has 0 saturated heterocycles. The summed E-state index contributed by atoms with van der Waals surface area (Å²) >= 11 is 9.12. The number of halogens is 3. The molecular weight excluding hydrogens is 345 g/mol. The van der Waals surface area contributed by atoms with Gasteiger partial charge in [0.25, 0.3) is 0 Å². The third kappa shape index (κ3) is 3.84. The van der Waals surface area contributed by atoms with Gasteiger partial charge in [-0.05, 0) is 59.1 Å². The van der Waals surface area contributed by atoms with Crippen molar-refractivity contribution in [2.45, 2.75) is 25.8 Å². The van der Waals surface area contributed by atoms with Crippen molar-refractivity contribution < 1.29 is 8.81 Å². The van der Waals surface area contributed by atoms with Crippen LogP contribution in [0.4, 0.5) is 4.39 Å². The van der Waals surface area contributed by atoms with Crippen LogP contribution in [0.5, 0.6) is 0 Å². The van der Waals surface area contributed by atoms with E-state index in [0.717, 1.165) is 18.7 Å². The monoisotopic (exact) mass is 359 g/mol. The summed E-state index contributed by atoms with van der Waals surface area (Å²) in [7, 11) is 0. The number of benzene rings is 1. The van der Waals surface area contributed by atoms with Crippen LogP contribution >= 0.6 is 27.5 Å². The Hall–Kier alpha value is -0.840. The zero-order chi connectivity index (χ0) is 14.5. The maximum atomic E-state index is 14.0. The molecule has 2 rings (SSSR count). The lowest BCUT2D eigenvalue weighted by Crippen LogP contribution is -2.24.